The number of rotatable bonds is 4. The van der Waals surface area contributed by atoms with Crippen LogP contribution >= 0.6 is 0 Å². The van der Waals surface area contributed by atoms with Gasteiger partial charge in [0.25, 0.3) is 0 Å². The van der Waals surface area contributed by atoms with E-state index in [0.717, 1.165) is 12.6 Å². The molecule has 1 atom stereocenters. The molecule has 1 aromatic heterocycles. The summed E-state index contributed by atoms with van der Waals surface area (Å²) >= 11 is 0. The van der Waals surface area contributed by atoms with E-state index in [-0.39, 0.29) is 5.56 Å². The molecule has 1 unspecified atom stereocenters. The molecule has 0 fully saturated rings. The molecule has 0 aliphatic heterocycles. The molecule has 0 spiro atoms. The summed E-state index contributed by atoms with van der Waals surface area (Å²) in [6.07, 6.45) is -1.24. The quantitative estimate of drug-likeness (QED) is 0.870. The largest absolute Gasteiger partial charge is 0.492 e. The summed E-state index contributed by atoms with van der Waals surface area (Å²) in [5.74, 6) is 0.305. The van der Waals surface area contributed by atoms with Crippen molar-refractivity contribution in [1.82, 2.24) is 4.98 Å². The molecule has 1 heterocycles. The van der Waals surface area contributed by atoms with Crippen molar-refractivity contribution >= 4 is 0 Å². The fraction of sp³-hybridized carbons (Fsp3) is 0.500. The van der Waals surface area contributed by atoms with Crippen LogP contribution in [0.5, 0.6) is 5.75 Å². The Labute approximate surface area is 91.4 Å². The van der Waals surface area contributed by atoms with Crippen LogP contribution in [0.3, 0.4) is 0 Å². The highest BCUT2D eigenvalue weighted by Crippen LogP contribution is 2.31. The number of nitrogens with two attached hydrogens (primary N) is 1. The number of alkyl halides is 3. The first-order valence-corrected chi connectivity index (χ1v) is 4.85. The molecule has 3 nitrogen and oxygen atoms in total. The van der Waals surface area contributed by atoms with E-state index in [4.69, 9.17) is 10.5 Å². The Morgan fingerprint density at radius 1 is 1.44 bits per heavy atom. The van der Waals surface area contributed by atoms with Gasteiger partial charge in [-0.3, -0.25) is 4.98 Å². The van der Waals surface area contributed by atoms with Gasteiger partial charge in [0.2, 0.25) is 0 Å². The molecular weight excluding hydrogens is 221 g/mol. The highest BCUT2D eigenvalue weighted by Gasteiger charge is 2.38. The molecule has 0 aliphatic carbocycles. The third-order valence-electron chi connectivity index (χ3n) is 1.92. The van der Waals surface area contributed by atoms with E-state index >= 15 is 0 Å². The molecule has 0 saturated carbocycles. The molecule has 0 amide bonds. The van der Waals surface area contributed by atoms with Crippen molar-refractivity contribution in [2.24, 2.45) is 5.73 Å². The Kier molecular flexibility index (Phi) is 4.12. The maximum atomic E-state index is 12.3. The van der Waals surface area contributed by atoms with E-state index in [1.54, 1.807) is 0 Å². The summed E-state index contributed by atoms with van der Waals surface area (Å²) in [7, 11) is 0. The number of aromatic nitrogens is 1. The van der Waals surface area contributed by atoms with E-state index in [0.29, 0.717) is 12.4 Å². The van der Waals surface area contributed by atoms with Crippen LogP contribution in [0, 0.1) is 0 Å². The Hall–Kier alpha value is -1.30. The second kappa shape index (κ2) is 5.16. The fourth-order valence-corrected chi connectivity index (χ4v) is 1.09. The predicted molar refractivity (Wildman–Crippen MR) is 53.0 cm³/mol. The lowest BCUT2D eigenvalue weighted by atomic mass is 10.1. The smallest absolute Gasteiger partial charge is 0.407 e. The van der Waals surface area contributed by atoms with Crippen molar-refractivity contribution in [1.29, 1.82) is 0 Å². The Morgan fingerprint density at radius 3 is 2.69 bits per heavy atom. The molecule has 1 rings (SSSR count). The minimum atomic E-state index is -4.47. The Bertz CT molecular complexity index is 341. The van der Waals surface area contributed by atoms with Crippen LogP contribution in [0.2, 0.25) is 0 Å². The first-order valence-electron chi connectivity index (χ1n) is 4.85. The van der Waals surface area contributed by atoms with Gasteiger partial charge in [-0.25, -0.2) is 0 Å². The summed E-state index contributed by atoms with van der Waals surface area (Å²) in [6, 6.07) is -0.758. The number of hydrogen-bond acceptors (Lipinski definition) is 3. The number of hydrogen-bond donors (Lipinski definition) is 1. The number of nitrogens with zero attached hydrogens (tertiary/aromatic N) is 1. The summed E-state index contributed by atoms with van der Waals surface area (Å²) in [5, 5.41) is 0. The number of ether oxygens (including phenoxy) is 1. The molecule has 16 heavy (non-hydrogen) atoms. The van der Waals surface area contributed by atoms with Gasteiger partial charge < -0.3 is 10.5 Å². The molecule has 1 aromatic rings. The van der Waals surface area contributed by atoms with Gasteiger partial charge in [-0.05, 0) is 18.1 Å². The van der Waals surface area contributed by atoms with Crippen LogP contribution in [0.15, 0.2) is 18.5 Å². The first-order chi connectivity index (χ1) is 7.45. The van der Waals surface area contributed by atoms with Gasteiger partial charge in [0.15, 0.2) is 0 Å². The van der Waals surface area contributed by atoms with Crippen LogP contribution in [0.1, 0.15) is 24.9 Å². The highest BCUT2D eigenvalue weighted by molar-refractivity contribution is 5.26. The maximum absolute atomic E-state index is 12.3. The molecule has 0 aliphatic rings. The second-order valence-corrected chi connectivity index (χ2v) is 3.32. The number of halogens is 3. The lowest BCUT2D eigenvalue weighted by molar-refractivity contribution is -0.149. The first kappa shape index (κ1) is 12.8. The zero-order valence-electron chi connectivity index (χ0n) is 8.79. The van der Waals surface area contributed by atoms with Crippen molar-refractivity contribution in [2.75, 3.05) is 6.61 Å². The monoisotopic (exact) mass is 234 g/mol. The lowest BCUT2D eigenvalue weighted by Gasteiger charge is -2.16. The van der Waals surface area contributed by atoms with Crippen molar-refractivity contribution < 1.29 is 17.9 Å². The van der Waals surface area contributed by atoms with E-state index in [1.807, 2.05) is 6.92 Å². The van der Waals surface area contributed by atoms with Crippen molar-refractivity contribution in [3.05, 3.63) is 24.0 Å². The SMILES string of the molecule is CCCOc1cncc(C(N)C(F)(F)F)c1. The Balaban J connectivity index is 2.81. The van der Waals surface area contributed by atoms with E-state index in [2.05, 4.69) is 4.98 Å². The van der Waals surface area contributed by atoms with E-state index in [9.17, 15) is 13.2 Å². The fourth-order valence-electron chi connectivity index (χ4n) is 1.09. The molecule has 0 aromatic carbocycles. The molecular formula is C10H13F3N2O. The van der Waals surface area contributed by atoms with Crippen molar-refractivity contribution in [3.63, 3.8) is 0 Å². The average molecular weight is 234 g/mol. The predicted octanol–water partition coefficient (Wildman–Crippen LogP) is 2.43. The minimum absolute atomic E-state index is 0.0962. The molecule has 0 bridgehead atoms. The molecule has 0 radical (unpaired) electrons. The van der Waals surface area contributed by atoms with Gasteiger partial charge in [-0.2, -0.15) is 13.2 Å². The van der Waals surface area contributed by atoms with Gasteiger partial charge in [0.05, 0.1) is 12.8 Å². The van der Waals surface area contributed by atoms with Gasteiger partial charge >= 0.3 is 6.18 Å². The van der Waals surface area contributed by atoms with Crippen molar-refractivity contribution in [2.45, 2.75) is 25.6 Å². The molecule has 0 saturated heterocycles. The van der Waals surface area contributed by atoms with Gasteiger partial charge in [0.1, 0.15) is 11.8 Å². The zero-order chi connectivity index (χ0) is 12.2. The lowest BCUT2D eigenvalue weighted by Crippen LogP contribution is -2.28. The van der Waals surface area contributed by atoms with E-state index < -0.39 is 12.2 Å². The van der Waals surface area contributed by atoms with Crippen LogP contribution in [0.4, 0.5) is 13.2 Å². The van der Waals surface area contributed by atoms with Gasteiger partial charge in [-0.15, -0.1) is 0 Å². The summed E-state index contributed by atoms with van der Waals surface area (Å²) in [6.45, 7) is 2.34. The van der Waals surface area contributed by atoms with Crippen LogP contribution < -0.4 is 10.5 Å². The number of pyridine rings is 1. The maximum Gasteiger partial charge on any atom is 0.407 e. The minimum Gasteiger partial charge on any atom is -0.492 e. The summed E-state index contributed by atoms with van der Waals surface area (Å²) < 4.78 is 42.1. The molecule has 2 N–H and O–H groups in total. The zero-order valence-corrected chi connectivity index (χ0v) is 8.79. The van der Waals surface area contributed by atoms with Crippen LogP contribution in [0.25, 0.3) is 0 Å². The topological polar surface area (TPSA) is 48.1 Å². The molecule has 90 valence electrons. The van der Waals surface area contributed by atoms with Gasteiger partial charge in [0, 0.05) is 6.20 Å². The summed E-state index contributed by atoms with van der Waals surface area (Å²) in [5.41, 5.74) is 4.95. The molecule has 6 heteroatoms. The third kappa shape index (κ3) is 3.37. The van der Waals surface area contributed by atoms with Crippen LogP contribution in [-0.2, 0) is 0 Å². The Morgan fingerprint density at radius 2 is 2.12 bits per heavy atom. The standard InChI is InChI=1S/C10H13F3N2O/c1-2-3-16-8-4-7(5-15-6-8)9(14)10(11,12)13/h4-6,9H,2-3,14H2,1H3. The second-order valence-electron chi connectivity index (χ2n) is 3.32. The van der Waals surface area contributed by atoms with E-state index in [1.165, 1.54) is 12.3 Å². The third-order valence-corrected chi connectivity index (χ3v) is 1.92. The average Bonchev–Trinajstić information content (AvgIpc) is 2.24. The highest BCUT2D eigenvalue weighted by atomic mass is 19.4. The van der Waals surface area contributed by atoms with Gasteiger partial charge in [-0.1, -0.05) is 6.92 Å². The van der Waals surface area contributed by atoms with Crippen molar-refractivity contribution in [3.8, 4) is 5.75 Å². The normalized spacial score (nSPS) is 13.6. The van der Waals surface area contributed by atoms with Crippen LogP contribution in [-0.4, -0.2) is 17.8 Å². The summed E-state index contributed by atoms with van der Waals surface area (Å²) in [4.78, 5) is 3.67.